The Bertz CT molecular complexity index is 3140. The largest absolute Gasteiger partial charge is 0.503 e. The van der Waals surface area contributed by atoms with Crippen molar-refractivity contribution in [3.8, 4) is 28.4 Å². The van der Waals surface area contributed by atoms with Gasteiger partial charge in [-0.1, -0.05) is 123 Å². The molecule has 0 radical (unpaired) electrons. The van der Waals surface area contributed by atoms with Gasteiger partial charge in [0, 0.05) is 57.0 Å². The number of nitrogens with zero attached hydrogens (tertiary/aromatic N) is 4. The number of hydrogen-bond acceptors (Lipinski definition) is 2. The van der Waals surface area contributed by atoms with Gasteiger partial charge < -0.3 is 4.74 Å². The number of aryl methyl sites for hydroxylation is 1. The van der Waals surface area contributed by atoms with Crippen molar-refractivity contribution >= 4 is 50.6 Å². The van der Waals surface area contributed by atoms with Crippen LogP contribution in [-0.4, -0.2) is 15.6 Å². The maximum atomic E-state index is 8.59. The number of hydrogen-bond donors (Lipinski definition) is 0. The Kier molecular flexibility index (Phi) is 8.45. The number of pyridine rings is 1. The molecule has 0 fully saturated rings. The van der Waals surface area contributed by atoms with E-state index in [9.17, 15) is 0 Å². The van der Waals surface area contributed by atoms with Gasteiger partial charge in [-0.15, -0.1) is 0 Å². The SMILES string of the molecule is [2H]C([2H])([2H])c1cccc2c1[N+](c1cc(C(C)(C)C)cc(C(C)(C)C)c1)=C=[N+]2c1cccc(Oc2ccc3c4cc(-c5ccccc5)ccc4n(-c4cc(C(C)(C)C)ccn4)c3c2)c1. The summed E-state index contributed by atoms with van der Waals surface area (Å²) in [4.78, 5) is 4.92. The first-order chi connectivity index (χ1) is 29.7. The van der Waals surface area contributed by atoms with Crippen LogP contribution in [0, 0.1) is 6.85 Å². The van der Waals surface area contributed by atoms with E-state index in [-0.39, 0.29) is 21.8 Å². The number of fused-ring (bicyclic) bond motifs is 4. The molecule has 8 aromatic rings. The molecule has 9 rings (SSSR count). The Morgan fingerprint density at radius 3 is 1.98 bits per heavy atom. The van der Waals surface area contributed by atoms with Crippen molar-refractivity contribution in [2.45, 2.75) is 85.4 Å². The predicted molar refractivity (Wildman–Crippen MR) is 252 cm³/mol. The number of benzene rings is 6. The minimum Gasteiger partial charge on any atom is -0.457 e. The topological polar surface area (TPSA) is 33.1 Å². The van der Waals surface area contributed by atoms with Crippen LogP contribution in [0.4, 0.5) is 22.7 Å². The van der Waals surface area contributed by atoms with Gasteiger partial charge in [0.1, 0.15) is 17.3 Å². The van der Waals surface area contributed by atoms with Gasteiger partial charge in [0.15, 0.2) is 0 Å². The van der Waals surface area contributed by atoms with E-state index in [1.54, 1.807) is 6.07 Å². The highest BCUT2D eigenvalue weighted by atomic mass is 16.5. The summed E-state index contributed by atoms with van der Waals surface area (Å²) in [5.41, 5.74) is 10.8. The van der Waals surface area contributed by atoms with E-state index in [0.29, 0.717) is 17.2 Å². The summed E-state index contributed by atoms with van der Waals surface area (Å²) in [5, 5.41) is 2.23. The first kappa shape index (κ1) is 35.4. The summed E-state index contributed by atoms with van der Waals surface area (Å²) in [5.74, 6) is 2.15. The second kappa shape index (κ2) is 14.3. The lowest BCUT2D eigenvalue weighted by Crippen LogP contribution is -2.17. The first-order valence-electron chi connectivity index (χ1n) is 22.3. The molecule has 0 spiro atoms. The third kappa shape index (κ3) is 7.14. The van der Waals surface area contributed by atoms with E-state index in [4.69, 9.17) is 13.8 Å². The Balaban J connectivity index is 1.18. The third-order valence-electron chi connectivity index (χ3n) is 11.6. The van der Waals surface area contributed by atoms with E-state index in [0.717, 1.165) is 55.8 Å². The molecule has 1 aliphatic heterocycles. The van der Waals surface area contributed by atoms with Crippen molar-refractivity contribution < 1.29 is 8.85 Å². The molecule has 5 nitrogen and oxygen atoms in total. The Hall–Kier alpha value is -6.55. The van der Waals surface area contributed by atoms with Crippen LogP contribution < -0.4 is 13.9 Å². The molecule has 0 aliphatic carbocycles. The van der Waals surface area contributed by atoms with E-state index < -0.39 is 6.85 Å². The molecule has 0 saturated carbocycles. The number of aromatic nitrogens is 2. The molecule has 0 N–H and O–H groups in total. The van der Waals surface area contributed by atoms with E-state index >= 15 is 0 Å². The lowest BCUT2D eigenvalue weighted by atomic mass is 9.80. The van der Waals surface area contributed by atoms with Gasteiger partial charge in [-0.25, -0.2) is 4.98 Å². The van der Waals surface area contributed by atoms with Crippen LogP contribution in [-0.2, 0) is 16.2 Å². The maximum Gasteiger partial charge on any atom is 0.503 e. The summed E-state index contributed by atoms with van der Waals surface area (Å²) >= 11 is 0. The molecule has 1 aliphatic rings. The highest BCUT2D eigenvalue weighted by Gasteiger charge is 2.39. The molecule has 0 amide bonds. The second-order valence-corrected chi connectivity index (χ2v) is 19.1. The summed E-state index contributed by atoms with van der Waals surface area (Å²) < 4.78 is 38.6. The lowest BCUT2D eigenvalue weighted by molar-refractivity contribution is 0.483. The number of rotatable bonds is 6. The molecule has 0 atom stereocenters. The van der Waals surface area contributed by atoms with Gasteiger partial charge in [0.25, 0.3) is 5.69 Å². The lowest BCUT2D eigenvalue weighted by Gasteiger charge is -2.24. The van der Waals surface area contributed by atoms with Gasteiger partial charge in [0.05, 0.1) is 17.1 Å². The highest BCUT2D eigenvalue weighted by Crippen LogP contribution is 2.42. The van der Waals surface area contributed by atoms with Gasteiger partial charge in [0.2, 0.25) is 11.4 Å². The number of ether oxygens (including phenoxy) is 1. The molecule has 0 unspecified atom stereocenters. The van der Waals surface area contributed by atoms with E-state index in [2.05, 4.69) is 158 Å². The molecule has 298 valence electrons. The fourth-order valence-corrected chi connectivity index (χ4v) is 8.09. The van der Waals surface area contributed by atoms with Gasteiger partial charge >= 0.3 is 11.7 Å². The maximum absolute atomic E-state index is 8.59. The molecule has 0 saturated heterocycles. The molecule has 2 aromatic heterocycles. The monoisotopic (exact) mass is 789 g/mol. The van der Waals surface area contributed by atoms with Crippen molar-refractivity contribution in [1.29, 1.82) is 0 Å². The van der Waals surface area contributed by atoms with Crippen molar-refractivity contribution in [3.63, 3.8) is 0 Å². The fourth-order valence-electron chi connectivity index (χ4n) is 8.09. The highest BCUT2D eigenvalue weighted by molar-refractivity contribution is 6.10. The van der Waals surface area contributed by atoms with E-state index in [1.165, 1.54) is 16.7 Å². The summed E-state index contributed by atoms with van der Waals surface area (Å²) in [6.07, 6.45) is 1.90. The Morgan fingerprint density at radius 1 is 0.550 bits per heavy atom. The van der Waals surface area contributed by atoms with Crippen LogP contribution >= 0.6 is 0 Å². The van der Waals surface area contributed by atoms with Crippen LogP contribution in [0.5, 0.6) is 11.5 Å². The van der Waals surface area contributed by atoms with Crippen LogP contribution in [0.25, 0.3) is 38.8 Å². The standard InChI is InChI=1S/C55H54N4O/c1-36-16-14-21-49-52(36)58(43-30-40(54(5,6)7)29-41(31-43)55(8,9)10)35-57(49)42-19-15-20-44(33-42)60-45-23-24-46-47-28-38(37-17-12-11-13-18-37)22-25-48(47)59(50(46)34-45)51-32-39(26-27-56-51)53(2,3)4/h11-34H,1-10H3/q+2/i1D3. The summed E-state index contributed by atoms with van der Waals surface area (Å²) in [7, 11) is 0. The van der Waals surface area contributed by atoms with Gasteiger partial charge in [-0.3, -0.25) is 4.57 Å². The quantitative estimate of drug-likeness (QED) is 0.157. The third-order valence-corrected chi connectivity index (χ3v) is 11.6. The van der Waals surface area contributed by atoms with Crippen molar-refractivity contribution in [1.82, 2.24) is 18.7 Å². The minimum atomic E-state index is -2.35. The smallest absolute Gasteiger partial charge is 0.457 e. The van der Waals surface area contributed by atoms with Crippen LogP contribution in [0.15, 0.2) is 146 Å². The van der Waals surface area contributed by atoms with Gasteiger partial charge in [-0.05, 0) is 103 Å². The van der Waals surface area contributed by atoms with Gasteiger partial charge in [-0.2, -0.15) is 0 Å². The predicted octanol–water partition coefficient (Wildman–Crippen LogP) is 14.7. The van der Waals surface area contributed by atoms with Crippen LogP contribution in [0.2, 0.25) is 0 Å². The average Bonchev–Trinajstić information content (AvgIpc) is 3.78. The van der Waals surface area contributed by atoms with Crippen LogP contribution in [0.3, 0.4) is 0 Å². The zero-order valence-electron chi connectivity index (χ0n) is 39.1. The molecular weight excluding hydrogens is 733 g/mol. The van der Waals surface area contributed by atoms with Crippen LogP contribution in [0.1, 0.15) is 88.7 Å². The normalized spacial score (nSPS) is 14.1. The Morgan fingerprint density at radius 2 is 1.27 bits per heavy atom. The fraction of sp³-hybridized carbons (Fsp3) is 0.236. The summed E-state index contributed by atoms with van der Waals surface area (Å²) in [6.45, 7) is 17.5. The van der Waals surface area contributed by atoms with Crippen molar-refractivity contribution in [2.24, 2.45) is 0 Å². The molecule has 60 heavy (non-hydrogen) atoms. The molecule has 6 aromatic carbocycles. The molecular formula is C55H54N4O+2. The molecule has 5 heteroatoms. The van der Waals surface area contributed by atoms with Crippen molar-refractivity contribution in [3.05, 3.63) is 168 Å². The minimum absolute atomic E-state index is 0.0574. The zero-order chi connectivity index (χ0) is 44.6. The average molecular weight is 790 g/mol. The molecule has 3 heterocycles. The number of para-hydroxylation sites is 1. The first-order valence-corrected chi connectivity index (χ1v) is 20.8. The van der Waals surface area contributed by atoms with E-state index in [1.807, 2.05) is 63.9 Å². The summed E-state index contributed by atoms with van der Waals surface area (Å²) in [6, 6.07) is 51.2. The Labute approximate surface area is 358 Å². The molecule has 0 bridgehead atoms. The zero-order valence-corrected chi connectivity index (χ0v) is 36.1. The van der Waals surface area contributed by atoms with Crippen molar-refractivity contribution in [2.75, 3.05) is 0 Å². The second-order valence-electron chi connectivity index (χ2n) is 19.1.